The van der Waals surface area contributed by atoms with E-state index in [9.17, 15) is 18.0 Å². The third kappa shape index (κ3) is 6.26. The number of rotatable bonds is 6. The van der Waals surface area contributed by atoms with Crippen molar-refractivity contribution < 1.29 is 27.5 Å². The van der Waals surface area contributed by atoms with E-state index in [4.69, 9.17) is 32.8 Å². The monoisotopic (exact) mass is 489 g/mol. The van der Waals surface area contributed by atoms with Crippen molar-refractivity contribution in [2.75, 3.05) is 13.7 Å². The minimum Gasteiger partial charge on any atom is -0.468 e. The molecule has 11 heteroatoms. The quantitative estimate of drug-likeness (QED) is 0.530. The molecule has 0 aliphatic heterocycles. The molecule has 0 spiro atoms. The summed E-state index contributed by atoms with van der Waals surface area (Å²) in [5.41, 5.74) is 1.45. The topological polar surface area (TPSA) is 72.8 Å². The largest absolute Gasteiger partial charge is 0.468 e. The van der Waals surface area contributed by atoms with Crippen LogP contribution in [0.5, 0.6) is 5.88 Å². The van der Waals surface area contributed by atoms with E-state index in [1.54, 1.807) is 6.07 Å². The summed E-state index contributed by atoms with van der Waals surface area (Å²) in [6.07, 6.45) is -0.111. The van der Waals surface area contributed by atoms with Gasteiger partial charge in [0.15, 0.2) is 6.61 Å². The van der Waals surface area contributed by atoms with Crippen molar-refractivity contribution in [1.82, 2.24) is 10.3 Å². The molecular formula is C21H20Cl2F3N3O3. The number of aromatic nitrogens is 1. The molecule has 1 aromatic carbocycles. The lowest BCUT2D eigenvalue weighted by atomic mass is 9.93. The van der Waals surface area contributed by atoms with Gasteiger partial charge in [-0.1, -0.05) is 40.8 Å². The number of nitrogens with one attached hydrogen (secondary N) is 1. The molecule has 1 heterocycles. The minimum absolute atomic E-state index is 0.146. The Hall–Kier alpha value is -2.52. The zero-order valence-corrected chi connectivity index (χ0v) is 18.5. The van der Waals surface area contributed by atoms with Crippen LogP contribution in [0.25, 0.3) is 11.1 Å². The molecule has 3 rings (SSSR count). The maximum atomic E-state index is 12.9. The number of amides is 1. The Balaban J connectivity index is 1.92. The fourth-order valence-electron chi connectivity index (χ4n) is 3.33. The molecule has 172 valence electrons. The van der Waals surface area contributed by atoms with Gasteiger partial charge in [-0.3, -0.25) is 4.79 Å². The van der Waals surface area contributed by atoms with Crippen LogP contribution in [-0.4, -0.2) is 42.5 Å². The van der Waals surface area contributed by atoms with Crippen LogP contribution in [0.2, 0.25) is 10.0 Å². The second kappa shape index (κ2) is 10.4. The van der Waals surface area contributed by atoms with E-state index in [-0.39, 0.29) is 33.1 Å². The van der Waals surface area contributed by atoms with Gasteiger partial charge in [0.25, 0.3) is 5.91 Å². The molecule has 1 saturated carbocycles. The van der Waals surface area contributed by atoms with E-state index >= 15 is 0 Å². The molecule has 1 aromatic heterocycles. The van der Waals surface area contributed by atoms with Gasteiger partial charge in [-0.2, -0.15) is 13.2 Å². The smallest absolute Gasteiger partial charge is 0.422 e. The van der Waals surface area contributed by atoms with Crippen LogP contribution in [0.3, 0.4) is 0 Å². The number of oxime groups is 1. The highest BCUT2D eigenvalue weighted by Gasteiger charge is 2.30. The molecule has 1 fully saturated rings. The Labute approximate surface area is 192 Å². The van der Waals surface area contributed by atoms with Gasteiger partial charge in [0, 0.05) is 11.8 Å². The average Bonchev–Trinajstić information content (AvgIpc) is 2.75. The Morgan fingerprint density at radius 3 is 2.72 bits per heavy atom. The first-order valence-corrected chi connectivity index (χ1v) is 10.5. The van der Waals surface area contributed by atoms with Gasteiger partial charge in [0.05, 0.1) is 27.4 Å². The van der Waals surface area contributed by atoms with Crippen LogP contribution >= 0.6 is 23.2 Å². The van der Waals surface area contributed by atoms with Crippen LogP contribution in [-0.2, 0) is 4.84 Å². The number of carbonyl (C=O) groups excluding carboxylic acids is 1. The van der Waals surface area contributed by atoms with Crippen molar-refractivity contribution in [2.24, 2.45) is 5.16 Å². The number of hydrogen-bond donors (Lipinski definition) is 1. The molecule has 1 amide bonds. The zero-order valence-electron chi connectivity index (χ0n) is 17.0. The van der Waals surface area contributed by atoms with Gasteiger partial charge < -0.3 is 14.9 Å². The molecule has 2 aromatic rings. The van der Waals surface area contributed by atoms with Crippen molar-refractivity contribution in [3.05, 3.63) is 46.1 Å². The SMILES string of the molecule is CON=C1CCCCC1NC(=O)c1cnc(OCC(F)(F)F)c(-c2ccc(Cl)c(Cl)c2)c1. The molecular weight excluding hydrogens is 470 g/mol. The van der Waals surface area contributed by atoms with Crippen molar-refractivity contribution in [2.45, 2.75) is 37.9 Å². The number of hydrogen-bond acceptors (Lipinski definition) is 5. The van der Waals surface area contributed by atoms with Crippen molar-refractivity contribution in [3.8, 4) is 17.0 Å². The van der Waals surface area contributed by atoms with Crippen molar-refractivity contribution in [3.63, 3.8) is 0 Å². The summed E-state index contributed by atoms with van der Waals surface area (Å²) in [6, 6.07) is 5.62. The molecule has 1 aliphatic carbocycles. The summed E-state index contributed by atoms with van der Waals surface area (Å²) in [4.78, 5) is 21.7. The van der Waals surface area contributed by atoms with Gasteiger partial charge >= 0.3 is 6.18 Å². The molecule has 0 saturated heterocycles. The van der Waals surface area contributed by atoms with E-state index in [2.05, 4.69) is 15.5 Å². The first-order valence-electron chi connectivity index (χ1n) is 9.73. The second-order valence-corrected chi connectivity index (χ2v) is 7.96. The Morgan fingerprint density at radius 2 is 2.03 bits per heavy atom. The van der Waals surface area contributed by atoms with E-state index < -0.39 is 18.7 Å². The molecule has 6 nitrogen and oxygen atoms in total. The molecule has 1 N–H and O–H groups in total. The highest BCUT2D eigenvalue weighted by molar-refractivity contribution is 6.42. The number of benzene rings is 1. The van der Waals surface area contributed by atoms with Crippen LogP contribution in [0.15, 0.2) is 35.6 Å². The lowest BCUT2D eigenvalue weighted by Crippen LogP contribution is -2.42. The molecule has 1 aliphatic rings. The lowest BCUT2D eigenvalue weighted by Gasteiger charge is -2.24. The van der Waals surface area contributed by atoms with E-state index in [0.717, 1.165) is 24.8 Å². The number of ether oxygens (including phenoxy) is 1. The number of halogens is 5. The molecule has 0 bridgehead atoms. The van der Waals surface area contributed by atoms with Gasteiger partial charge in [-0.05, 0) is 43.0 Å². The van der Waals surface area contributed by atoms with Crippen LogP contribution < -0.4 is 10.1 Å². The Morgan fingerprint density at radius 1 is 1.25 bits per heavy atom. The molecule has 1 unspecified atom stereocenters. The normalized spacial score (nSPS) is 17.8. The summed E-state index contributed by atoms with van der Waals surface area (Å²) in [6.45, 7) is -1.53. The highest BCUT2D eigenvalue weighted by Crippen LogP contribution is 2.34. The van der Waals surface area contributed by atoms with Gasteiger partial charge in [0.1, 0.15) is 7.11 Å². The predicted molar refractivity (Wildman–Crippen MR) is 115 cm³/mol. The third-order valence-electron chi connectivity index (χ3n) is 4.81. The number of pyridine rings is 1. The Bertz CT molecular complexity index is 1020. The van der Waals surface area contributed by atoms with Crippen molar-refractivity contribution >= 4 is 34.8 Å². The standard InChI is InChI=1S/C21H20Cl2F3N3O3/c1-31-29-18-5-3-2-4-17(18)28-19(30)13-8-14(12-6-7-15(22)16(23)9-12)20(27-10-13)32-11-21(24,25)26/h6-10,17H,2-5,11H2,1H3,(H,28,30). The average molecular weight is 490 g/mol. The fraction of sp³-hybridized carbons (Fsp3) is 0.381. The lowest BCUT2D eigenvalue weighted by molar-refractivity contribution is -0.154. The summed E-state index contributed by atoms with van der Waals surface area (Å²) < 4.78 is 42.9. The summed E-state index contributed by atoms with van der Waals surface area (Å²) >= 11 is 12.0. The molecule has 0 radical (unpaired) electrons. The van der Waals surface area contributed by atoms with Gasteiger partial charge in [0.2, 0.25) is 5.88 Å². The van der Waals surface area contributed by atoms with Crippen LogP contribution in [0.1, 0.15) is 36.0 Å². The highest BCUT2D eigenvalue weighted by atomic mass is 35.5. The number of nitrogens with zero attached hydrogens (tertiary/aromatic N) is 2. The molecule has 32 heavy (non-hydrogen) atoms. The zero-order chi connectivity index (χ0) is 23.3. The van der Waals surface area contributed by atoms with Gasteiger partial charge in [-0.15, -0.1) is 0 Å². The van der Waals surface area contributed by atoms with E-state index in [1.165, 1.54) is 25.3 Å². The fourth-order valence-corrected chi connectivity index (χ4v) is 3.63. The summed E-state index contributed by atoms with van der Waals surface area (Å²) in [5.74, 6) is -0.728. The Kier molecular flexibility index (Phi) is 7.84. The summed E-state index contributed by atoms with van der Waals surface area (Å²) in [7, 11) is 1.44. The van der Waals surface area contributed by atoms with Crippen LogP contribution in [0.4, 0.5) is 13.2 Å². The first kappa shape index (κ1) is 24.1. The van der Waals surface area contributed by atoms with Crippen LogP contribution in [0, 0.1) is 0 Å². The maximum absolute atomic E-state index is 12.9. The number of alkyl halides is 3. The van der Waals surface area contributed by atoms with E-state index in [1.807, 2.05) is 0 Å². The van der Waals surface area contributed by atoms with E-state index in [0.29, 0.717) is 18.4 Å². The second-order valence-electron chi connectivity index (χ2n) is 7.15. The van der Waals surface area contributed by atoms with Gasteiger partial charge in [-0.25, -0.2) is 4.98 Å². The third-order valence-corrected chi connectivity index (χ3v) is 5.55. The van der Waals surface area contributed by atoms with Crippen molar-refractivity contribution in [1.29, 1.82) is 0 Å². The first-order chi connectivity index (χ1) is 15.2. The predicted octanol–water partition coefficient (Wildman–Crippen LogP) is 5.67. The minimum atomic E-state index is -4.55. The maximum Gasteiger partial charge on any atom is 0.422 e. The summed E-state index contributed by atoms with van der Waals surface area (Å²) in [5, 5.41) is 7.35. The number of carbonyl (C=O) groups is 1. The molecule has 1 atom stereocenters.